The zero-order valence-electron chi connectivity index (χ0n) is 26.3. The second-order valence-electron chi connectivity index (χ2n) is 12.4. The van der Waals surface area contributed by atoms with Gasteiger partial charge < -0.3 is 34.3 Å². The molecule has 4 aliphatic rings. The van der Waals surface area contributed by atoms with Gasteiger partial charge in [-0.15, -0.1) is 0 Å². The first kappa shape index (κ1) is 34.3. The number of ether oxygens (including phenoxy) is 4. The molecule has 0 saturated carbocycles. The Kier molecular flexibility index (Phi) is 9.91. The number of halogens is 3. The van der Waals surface area contributed by atoms with Crippen molar-refractivity contribution in [2.75, 3.05) is 26.3 Å². The number of carbonyl (C=O) groups excluding carboxylic acids is 4. The van der Waals surface area contributed by atoms with Gasteiger partial charge in [-0.3, -0.25) is 9.59 Å². The van der Waals surface area contributed by atoms with Crippen molar-refractivity contribution >= 4 is 29.8 Å². The normalized spacial score (nSPS) is 24.0. The third kappa shape index (κ3) is 7.87. The molecule has 4 atom stereocenters. The molecule has 4 unspecified atom stereocenters. The fraction of sp³-hybridized carbons (Fsp3) is 0.429. The van der Waals surface area contributed by atoms with Crippen LogP contribution in [0.2, 0.25) is 0 Å². The number of nitrogens with one attached hydrogen (secondary N) is 1. The van der Waals surface area contributed by atoms with Gasteiger partial charge in [-0.2, -0.15) is 13.2 Å². The topological polar surface area (TPSA) is 141 Å². The van der Waals surface area contributed by atoms with Gasteiger partial charge in [0.2, 0.25) is 11.8 Å². The van der Waals surface area contributed by atoms with Crippen molar-refractivity contribution < 1.29 is 56.4 Å². The van der Waals surface area contributed by atoms with Gasteiger partial charge in [-0.25, -0.2) is 9.59 Å². The number of aliphatic hydroxyl groups excluding tert-OH is 1. The van der Waals surface area contributed by atoms with Crippen molar-refractivity contribution in [3.63, 3.8) is 0 Å². The summed E-state index contributed by atoms with van der Waals surface area (Å²) in [7, 11) is 0. The lowest BCUT2D eigenvalue weighted by Crippen LogP contribution is -2.49. The molecule has 2 aromatic carbocycles. The molecule has 2 saturated heterocycles. The van der Waals surface area contributed by atoms with E-state index in [4.69, 9.17) is 19.3 Å². The Bertz CT molecular complexity index is 1650. The van der Waals surface area contributed by atoms with Crippen LogP contribution in [0.15, 0.2) is 66.3 Å². The van der Waals surface area contributed by atoms with Crippen molar-refractivity contribution in [3.8, 4) is 0 Å². The number of amides is 2. The molecular formula is C35H35F3N2O9. The molecule has 0 radical (unpaired) electrons. The van der Waals surface area contributed by atoms with E-state index in [1.165, 1.54) is 29.2 Å². The first-order valence-corrected chi connectivity index (χ1v) is 16.0. The summed E-state index contributed by atoms with van der Waals surface area (Å²) in [5.74, 6) is -3.72. The number of aliphatic hydroxyl groups is 1. The maximum Gasteiger partial charge on any atom is 0.422 e. The van der Waals surface area contributed by atoms with E-state index in [1.807, 2.05) is 24.3 Å². The Morgan fingerprint density at radius 1 is 1.06 bits per heavy atom. The number of hydrogen-bond donors (Lipinski definition) is 2. The zero-order valence-corrected chi connectivity index (χ0v) is 26.3. The summed E-state index contributed by atoms with van der Waals surface area (Å²) >= 11 is 0. The average molecular weight is 685 g/mol. The Labute approximate surface area is 279 Å². The third-order valence-electron chi connectivity index (χ3n) is 8.89. The zero-order chi connectivity index (χ0) is 34.8. The summed E-state index contributed by atoms with van der Waals surface area (Å²) < 4.78 is 60.3. The van der Waals surface area contributed by atoms with Gasteiger partial charge in [0.15, 0.2) is 12.4 Å². The lowest BCUT2D eigenvalue weighted by atomic mass is 9.91. The molecule has 2 fully saturated rings. The number of nitrogens with zero attached hydrogens (tertiary/aromatic N) is 1. The number of benzene rings is 2. The highest BCUT2D eigenvalue weighted by atomic mass is 19.4. The third-order valence-corrected chi connectivity index (χ3v) is 8.89. The van der Waals surface area contributed by atoms with Gasteiger partial charge in [0.1, 0.15) is 24.4 Å². The summed E-state index contributed by atoms with van der Waals surface area (Å²) in [6.45, 7) is -1.53. The Hall–Kier alpha value is -4.53. The molecule has 49 heavy (non-hydrogen) atoms. The number of rotatable bonds is 9. The molecular weight excluding hydrogens is 649 g/mol. The molecule has 6 rings (SSSR count). The Morgan fingerprint density at radius 2 is 1.82 bits per heavy atom. The van der Waals surface area contributed by atoms with Crippen LogP contribution in [-0.4, -0.2) is 96.4 Å². The summed E-state index contributed by atoms with van der Waals surface area (Å²) in [6, 6.07) is 13.1. The van der Waals surface area contributed by atoms with Crippen LogP contribution in [0.3, 0.4) is 0 Å². The maximum absolute atomic E-state index is 13.9. The molecule has 2 aliphatic carbocycles. The Balaban J connectivity index is 1.21. The maximum atomic E-state index is 13.9. The van der Waals surface area contributed by atoms with E-state index < -0.39 is 54.9 Å². The second-order valence-corrected chi connectivity index (χ2v) is 12.4. The van der Waals surface area contributed by atoms with E-state index in [0.29, 0.717) is 43.4 Å². The molecule has 11 nitrogen and oxygen atoms in total. The first-order valence-electron chi connectivity index (χ1n) is 16.0. The van der Waals surface area contributed by atoms with Crippen LogP contribution in [0.4, 0.5) is 13.2 Å². The van der Waals surface area contributed by atoms with Crippen LogP contribution in [0, 0.1) is 0 Å². The van der Waals surface area contributed by atoms with Crippen LogP contribution < -0.4 is 5.32 Å². The molecule has 1 spiro atoms. The number of likely N-dealkylation sites (tertiary alicyclic amines) is 1. The predicted molar refractivity (Wildman–Crippen MR) is 166 cm³/mol. The summed E-state index contributed by atoms with van der Waals surface area (Å²) in [5, 5.41) is 11.8. The molecule has 0 bridgehead atoms. The van der Waals surface area contributed by atoms with E-state index in [9.17, 15) is 32.3 Å². The lowest BCUT2D eigenvalue weighted by Gasteiger charge is -2.32. The van der Waals surface area contributed by atoms with Crippen LogP contribution in [0.5, 0.6) is 0 Å². The molecule has 260 valence electrons. The first-order chi connectivity index (χ1) is 23.4. The molecule has 14 heteroatoms. The van der Waals surface area contributed by atoms with E-state index >= 15 is 0 Å². The SMILES string of the molecule is O=C(C=Cc1cccc(C(=O)OC2CC(C(=O)N3CCCC3C(=O)NCCO)=CC3OC4(Cc5ccccc5C4)OC32)c1)OCC(F)(F)F. The van der Waals surface area contributed by atoms with Gasteiger partial charge in [0, 0.05) is 44.0 Å². The van der Waals surface area contributed by atoms with Crippen LogP contribution in [0.1, 0.15) is 46.3 Å². The van der Waals surface area contributed by atoms with Gasteiger partial charge >= 0.3 is 18.1 Å². The summed E-state index contributed by atoms with van der Waals surface area (Å²) in [5.41, 5.74) is 2.86. The minimum Gasteiger partial charge on any atom is -0.456 e. The summed E-state index contributed by atoms with van der Waals surface area (Å²) in [4.78, 5) is 53.4. The number of esters is 2. The second kappa shape index (κ2) is 14.1. The smallest absolute Gasteiger partial charge is 0.422 e. The van der Waals surface area contributed by atoms with Crippen molar-refractivity contribution in [2.24, 2.45) is 0 Å². The highest BCUT2D eigenvalue weighted by molar-refractivity contribution is 5.98. The van der Waals surface area contributed by atoms with Gasteiger partial charge in [-0.1, -0.05) is 36.4 Å². The monoisotopic (exact) mass is 684 g/mol. The molecule has 2 amide bonds. The van der Waals surface area contributed by atoms with E-state index in [-0.39, 0.29) is 37.0 Å². The minimum atomic E-state index is -4.66. The van der Waals surface area contributed by atoms with E-state index in [1.54, 1.807) is 12.1 Å². The van der Waals surface area contributed by atoms with Gasteiger partial charge in [0.05, 0.1) is 12.2 Å². The fourth-order valence-corrected chi connectivity index (χ4v) is 6.76. The molecule has 2 aliphatic heterocycles. The van der Waals surface area contributed by atoms with Gasteiger partial charge in [0.25, 0.3) is 0 Å². The quantitative estimate of drug-likeness (QED) is 0.301. The van der Waals surface area contributed by atoms with Crippen LogP contribution in [0.25, 0.3) is 6.08 Å². The molecule has 2 heterocycles. The van der Waals surface area contributed by atoms with E-state index in [2.05, 4.69) is 10.1 Å². The number of alkyl halides is 3. The van der Waals surface area contributed by atoms with Crippen molar-refractivity contribution in [1.82, 2.24) is 10.2 Å². The molecule has 2 N–H and O–H groups in total. The van der Waals surface area contributed by atoms with Crippen molar-refractivity contribution in [3.05, 3.63) is 88.5 Å². The van der Waals surface area contributed by atoms with Crippen LogP contribution in [-0.2, 0) is 46.2 Å². The van der Waals surface area contributed by atoms with Gasteiger partial charge in [-0.05, 0) is 53.8 Å². The molecule has 0 aromatic heterocycles. The van der Waals surface area contributed by atoms with Crippen LogP contribution >= 0.6 is 0 Å². The average Bonchev–Trinajstić information content (AvgIpc) is 3.80. The van der Waals surface area contributed by atoms with E-state index in [0.717, 1.165) is 17.2 Å². The number of hydrogen-bond acceptors (Lipinski definition) is 9. The predicted octanol–water partition coefficient (Wildman–Crippen LogP) is 3.04. The standard InChI is InChI=1S/C35H35F3N2O9/c36-35(37,38)20-46-29(42)11-10-21-5-3-8-22(15-21)33(45)47-27-16-25(32(44)40-13-4-9-26(40)31(43)39-12-14-41)17-28-30(27)49-34(48-28)18-23-6-1-2-7-24(23)19-34/h1-3,5-8,10-11,15,17,26-28,30,41H,4,9,12-14,16,18-20H2,(H,39,43). The molecule has 2 aromatic rings. The minimum absolute atomic E-state index is 0.00968. The Morgan fingerprint density at radius 3 is 2.53 bits per heavy atom. The summed E-state index contributed by atoms with van der Waals surface area (Å²) in [6.07, 6.45) is -1.36. The number of fused-ring (bicyclic) bond motifs is 2. The number of carbonyl (C=O) groups is 4. The fourth-order valence-electron chi connectivity index (χ4n) is 6.76. The van der Waals surface area contributed by atoms with Crippen molar-refractivity contribution in [1.29, 1.82) is 0 Å². The largest absolute Gasteiger partial charge is 0.456 e. The lowest BCUT2D eigenvalue weighted by molar-refractivity contribution is -0.182. The highest BCUT2D eigenvalue weighted by Crippen LogP contribution is 2.45. The van der Waals surface area contributed by atoms with Crippen molar-refractivity contribution in [2.45, 2.75) is 68.4 Å². The highest BCUT2D eigenvalue weighted by Gasteiger charge is 2.55.